The highest BCUT2D eigenvalue weighted by molar-refractivity contribution is 5.99. The van der Waals surface area contributed by atoms with E-state index in [2.05, 4.69) is 10.3 Å². The number of carbonyl (C=O) groups is 2. The third-order valence-electron chi connectivity index (χ3n) is 7.14. The van der Waals surface area contributed by atoms with Crippen molar-refractivity contribution in [3.8, 4) is 0 Å². The summed E-state index contributed by atoms with van der Waals surface area (Å²) in [5.41, 5.74) is 10.0. The average molecular weight is 464 g/mol. The molecule has 0 bridgehead atoms. The molecule has 0 radical (unpaired) electrons. The molecule has 1 aliphatic carbocycles. The van der Waals surface area contributed by atoms with Gasteiger partial charge in [-0.25, -0.2) is 9.18 Å². The minimum atomic E-state index is -0.478. The number of methoxy groups -OCH3 is 1. The van der Waals surface area contributed by atoms with Crippen LogP contribution in [0.2, 0.25) is 0 Å². The van der Waals surface area contributed by atoms with Crippen molar-refractivity contribution in [1.82, 2.24) is 4.98 Å². The number of aryl methyl sites for hydroxylation is 1. The maximum atomic E-state index is 13.9. The standard InChI is InChI=1S/C27H30FN3O3/c1-15-12-19(27(33)34-3)13-24(25(15)29)31-26(32)16(2)17-4-6-18(7-5-17)21-10-11-30-23-9-8-20(28)14-22(21)23/h8-14,16-18H,4-7,29H2,1-3H3,(H,31,32)/t16?,17-,18+. The number of amides is 1. The quantitative estimate of drug-likeness (QED) is 0.379. The van der Waals surface area contributed by atoms with Gasteiger partial charge in [-0.2, -0.15) is 0 Å². The molecule has 1 heterocycles. The van der Waals surface area contributed by atoms with Crippen LogP contribution in [-0.4, -0.2) is 24.0 Å². The first-order valence-electron chi connectivity index (χ1n) is 11.6. The molecular formula is C27H30FN3O3. The van der Waals surface area contributed by atoms with Crippen LogP contribution in [0.5, 0.6) is 0 Å². The van der Waals surface area contributed by atoms with E-state index in [1.54, 1.807) is 37.4 Å². The summed E-state index contributed by atoms with van der Waals surface area (Å²) in [4.78, 5) is 29.4. The molecule has 1 saturated carbocycles. The van der Waals surface area contributed by atoms with E-state index < -0.39 is 5.97 Å². The van der Waals surface area contributed by atoms with Crippen LogP contribution in [-0.2, 0) is 9.53 Å². The molecule has 0 spiro atoms. The van der Waals surface area contributed by atoms with Crippen molar-refractivity contribution >= 4 is 34.2 Å². The Hall–Kier alpha value is -3.48. The van der Waals surface area contributed by atoms with E-state index in [9.17, 15) is 14.0 Å². The number of nitrogens with one attached hydrogen (secondary N) is 1. The minimum Gasteiger partial charge on any atom is -0.465 e. The first-order valence-corrected chi connectivity index (χ1v) is 11.6. The predicted molar refractivity (Wildman–Crippen MR) is 131 cm³/mol. The lowest BCUT2D eigenvalue weighted by Crippen LogP contribution is -2.30. The zero-order valence-corrected chi connectivity index (χ0v) is 19.7. The van der Waals surface area contributed by atoms with Gasteiger partial charge in [0.1, 0.15) is 5.82 Å². The van der Waals surface area contributed by atoms with Crippen LogP contribution in [0.1, 0.15) is 60.0 Å². The molecule has 2 aromatic carbocycles. The number of fused-ring (bicyclic) bond motifs is 1. The average Bonchev–Trinajstić information content (AvgIpc) is 2.85. The molecule has 1 amide bonds. The van der Waals surface area contributed by atoms with E-state index in [1.807, 2.05) is 13.0 Å². The van der Waals surface area contributed by atoms with E-state index in [1.165, 1.54) is 13.2 Å². The van der Waals surface area contributed by atoms with Gasteiger partial charge in [-0.3, -0.25) is 9.78 Å². The Bertz CT molecular complexity index is 1240. The number of nitrogens with two attached hydrogens (primary N) is 1. The summed E-state index contributed by atoms with van der Waals surface area (Å²) in [6, 6.07) is 9.91. The Morgan fingerprint density at radius 3 is 2.59 bits per heavy atom. The summed E-state index contributed by atoms with van der Waals surface area (Å²) in [7, 11) is 1.32. The number of hydrogen-bond donors (Lipinski definition) is 2. The van der Waals surface area contributed by atoms with E-state index in [-0.39, 0.29) is 23.6 Å². The molecule has 34 heavy (non-hydrogen) atoms. The van der Waals surface area contributed by atoms with E-state index in [0.29, 0.717) is 28.4 Å². The molecule has 4 rings (SSSR count). The molecule has 1 aromatic heterocycles. The first-order chi connectivity index (χ1) is 16.3. The third kappa shape index (κ3) is 4.74. The number of benzene rings is 2. The maximum absolute atomic E-state index is 13.9. The Balaban J connectivity index is 1.44. The molecule has 178 valence electrons. The van der Waals surface area contributed by atoms with Crippen LogP contribution < -0.4 is 11.1 Å². The van der Waals surface area contributed by atoms with E-state index in [4.69, 9.17) is 10.5 Å². The van der Waals surface area contributed by atoms with Crippen LogP contribution in [0.25, 0.3) is 10.9 Å². The number of esters is 1. The number of pyridine rings is 1. The molecule has 1 aliphatic rings. The normalized spacial score (nSPS) is 18.9. The van der Waals surface area contributed by atoms with Crippen LogP contribution in [0.15, 0.2) is 42.6 Å². The maximum Gasteiger partial charge on any atom is 0.337 e. The summed E-state index contributed by atoms with van der Waals surface area (Å²) < 4.78 is 18.7. The van der Waals surface area contributed by atoms with Gasteiger partial charge in [0.2, 0.25) is 5.91 Å². The number of ether oxygens (including phenoxy) is 1. The molecule has 1 unspecified atom stereocenters. The highest BCUT2D eigenvalue weighted by Crippen LogP contribution is 2.41. The van der Waals surface area contributed by atoms with Crippen LogP contribution >= 0.6 is 0 Å². The Kier molecular flexibility index (Phi) is 6.82. The molecule has 7 heteroatoms. The van der Waals surface area contributed by atoms with Crippen LogP contribution in [0.3, 0.4) is 0 Å². The second-order valence-corrected chi connectivity index (χ2v) is 9.20. The number of anilines is 2. The van der Waals surface area contributed by atoms with Crippen LogP contribution in [0.4, 0.5) is 15.8 Å². The van der Waals surface area contributed by atoms with E-state index in [0.717, 1.165) is 42.1 Å². The SMILES string of the molecule is COC(=O)c1cc(C)c(N)c(NC(=O)C(C)[C@H]2CC[C@@H](c3ccnc4ccc(F)cc43)CC2)c1. The molecular weight excluding hydrogens is 433 g/mol. The Morgan fingerprint density at radius 2 is 1.88 bits per heavy atom. The predicted octanol–water partition coefficient (Wildman–Crippen LogP) is 5.60. The number of halogens is 1. The van der Waals surface area contributed by atoms with Crippen molar-refractivity contribution in [3.63, 3.8) is 0 Å². The van der Waals surface area contributed by atoms with Crippen molar-refractivity contribution in [2.24, 2.45) is 11.8 Å². The number of nitrogen functional groups attached to an aromatic ring is 1. The number of nitrogens with zero attached hydrogens (tertiary/aromatic N) is 1. The van der Waals surface area contributed by atoms with Gasteiger partial charge in [0.25, 0.3) is 0 Å². The second-order valence-electron chi connectivity index (χ2n) is 9.20. The fourth-order valence-corrected chi connectivity index (χ4v) is 5.02. The largest absolute Gasteiger partial charge is 0.465 e. The monoisotopic (exact) mass is 463 g/mol. The zero-order chi connectivity index (χ0) is 24.4. The molecule has 3 N–H and O–H groups in total. The van der Waals surface area contributed by atoms with E-state index >= 15 is 0 Å². The van der Waals surface area contributed by atoms with Gasteiger partial charge in [0, 0.05) is 17.5 Å². The molecule has 0 aliphatic heterocycles. The van der Waals surface area contributed by atoms with Crippen molar-refractivity contribution in [2.75, 3.05) is 18.2 Å². The molecule has 3 aromatic rings. The molecule has 6 nitrogen and oxygen atoms in total. The van der Waals surface area contributed by atoms with Gasteiger partial charge in [0.05, 0.1) is 29.6 Å². The summed E-state index contributed by atoms with van der Waals surface area (Å²) >= 11 is 0. The van der Waals surface area contributed by atoms with Gasteiger partial charge in [-0.05, 0) is 92.0 Å². The summed E-state index contributed by atoms with van der Waals surface area (Å²) in [6.45, 7) is 3.72. The number of carbonyl (C=O) groups excluding carboxylic acids is 2. The number of aromatic nitrogens is 1. The fourth-order valence-electron chi connectivity index (χ4n) is 5.02. The van der Waals surface area contributed by atoms with Crippen LogP contribution in [0, 0.1) is 24.6 Å². The smallest absolute Gasteiger partial charge is 0.337 e. The zero-order valence-electron chi connectivity index (χ0n) is 19.7. The van der Waals surface area contributed by atoms with Gasteiger partial charge >= 0.3 is 5.97 Å². The highest BCUT2D eigenvalue weighted by Gasteiger charge is 2.30. The lowest BCUT2D eigenvalue weighted by atomic mass is 9.73. The first kappa shape index (κ1) is 23.7. The summed E-state index contributed by atoms with van der Waals surface area (Å²) in [5.74, 6) is -0.525. The second kappa shape index (κ2) is 9.79. The fraction of sp³-hybridized carbons (Fsp3) is 0.370. The molecule has 1 fully saturated rings. The highest BCUT2D eigenvalue weighted by atomic mass is 19.1. The van der Waals surface area contributed by atoms with Gasteiger partial charge in [-0.1, -0.05) is 6.92 Å². The summed E-state index contributed by atoms with van der Waals surface area (Å²) in [5, 5.41) is 3.79. The Morgan fingerprint density at radius 1 is 1.15 bits per heavy atom. The third-order valence-corrected chi connectivity index (χ3v) is 7.14. The minimum absolute atomic E-state index is 0.118. The van der Waals surface area contributed by atoms with Gasteiger partial charge in [-0.15, -0.1) is 0 Å². The lowest BCUT2D eigenvalue weighted by molar-refractivity contribution is -0.121. The van der Waals surface area contributed by atoms with Crippen molar-refractivity contribution < 1.29 is 18.7 Å². The summed E-state index contributed by atoms with van der Waals surface area (Å²) in [6.07, 6.45) is 5.44. The van der Waals surface area contributed by atoms with Crippen molar-refractivity contribution in [1.29, 1.82) is 0 Å². The lowest BCUT2D eigenvalue weighted by Gasteiger charge is -2.32. The van der Waals surface area contributed by atoms with Crippen molar-refractivity contribution in [3.05, 3.63) is 65.1 Å². The number of rotatable bonds is 5. The van der Waals surface area contributed by atoms with Gasteiger partial charge < -0.3 is 15.8 Å². The number of hydrogen-bond acceptors (Lipinski definition) is 5. The van der Waals surface area contributed by atoms with Crippen molar-refractivity contribution in [2.45, 2.75) is 45.4 Å². The van der Waals surface area contributed by atoms with Gasteiger partial charge in [0.15, 0.2) is 0 Å². The molecule has 1 atom stereocenters. The molecule has 0 saturated heterocycles. The Labute approximate surface area is 198 Å². The topological polar surface area (TPSA) is 94.3 Å².